The summed E-state index contributed by atoms with van der Waals surface area (Å²) in [6.07, 6.45) is 1.27. The van der Waals surface area contributed by atoms with Crippen LogP contribution in [0, 0.1) is 5.82 Å². The Morgan fingerprint density at radius 3 is 2.38 bits per heavy atom. The lowest BCUT2D eigenvalue weighted by Gasteiger charge is -2.40. The predicted octanol–water partition coefficient (Wildman–Crippen LogP) is 3.39. The number of benzene rings is 1. The zero-order valence-electron chi connectivity index (χ0n) is 14.6. The maximum atomic E-state index is 13.1. The van der Waals surface area contributed by atoms with E-state index in [0.29, 0.717) is 0 Å². The first-order chi connectivity index (χ1) is 12.7. The predicted molar refractivity (Wildman–Crippen MR) is 101 cm³/mol. The molecule has 0 amide bonds. The molecule has 1 aromatic carbocycles. The second-order valence-electron chi connectivity index (χ2n) is 6.47. The Labute approximate surface area is 152 Å². The molecule has 1 fully saturated rings. The fourth-order valence-corrected chi connectivity index (χ4v) is 3.30. The van der Waals surface area contributed by atoms with E-state index in [2.05, 4.69) is 31.9 Å². The second-order valence-corrected chi connectivity index (χ2v) is 6.47. The molecule has 2 aromatic heterocycles. The van der Waals surface area contributed by atoms with E-state index in [1.54, 1.807) is 6.07 Å². The molecule has 5 nitrogen and oxygen atoms in total. The van der Waals surface area contributed by atoms with Gasteiger partial charge < -0.3 is 9.80 Å². The van der Waals surface area contributed by atoms with Gasteiger partial charge in [0.1, 0.15) is 11.6 Å². The van der Waals surface area contributed by atoms with E-state index in [0.717, 1.165) is 42.5 Å². The number of pyridine rings is 1. The Hall–Kier alpha value is -3.02. The van der Waals surface area contributed by atoms with Crippen molar-refractivity contribution in [1.82, 2.24) is 15.2 Å². The van der Waals surface area contributed by atoms with Crippen LogP contribution in [0.25, 0.3) is 11.3 Å². The Morgan fingerprint density at radius 2 is 1.73 bits per heavy atom. The number of piperazine rings is 1. The van der Waals surface area contributed by atoms with Crippen molar-refractivity contribution in [3.63, 3.8) is 0 Å². The zero-order chi connectivity index (χ0) is 17.9. The maximum Gasteiger partial charge on any atom is 0.151 e. The third-order valence-corrected chi connectivity index (χ3v) is 4.68. The molecule has 0 aliphatic carbocycles. The summed E-state index contributed by atoms with van der Waals surface area (Å²) in [5.41, 5.74) is 1.93. The first kappa shape index (κ1) is 16.4. The van der Waals surface area contributed by atoms with Gasteiger partial charge in [-0.15, -0.1) is 10.2 Å². The van der Waals surface area contributed by atoms with E-state index >= 15 is 0 Å². The fraction of sp³-hybridized carbons (Fsp3) is 0.250. The number of anilines is 2. The average molecular weight is 349 g/mol. The van der Waals surface area contributed by atoms with Gasteiger partial charge in [-0.2, -0.15) is 0 Å². The van der Waals surface area contributed by atoms with Crippen molar-refractivity contribution in [1.29, 1.82) is 0 Å². The first-order valence-corrected chi connectivity index (χ1v) is 8.73. The van der Waals surface area contributed by atoms with Crippen molar-refractivity contribution < 1.29 is 4.39 Å². The normalized spacial score (nSPS) is 17.4. The molecule has 3 aromatic rings. The van der Waals surface area contributed by atoms with Crippen LogP contribution in [0.1, 0.15) is 6.92 Å². The molecule has 1 unspecified atom stereocenters. The molecule has 6 heteroatoms. The van der Waals surface area contributed by atoms with E-state index < -0.39 is 0 Å². The summed E-state index contributed by atoms with van der Waals surface area (Å²) in [7, 11) is 0. The van der Waals surface area contributed by atoms with Gasteiger partial charge in [0.05, 0.1) is 11.9 Å². The van der Waals surface area contributed by atoms with Crippen molar-refractivity contribution in [2.75, 3.05) is 29.4 Å². The van der Waals surface area contributed by atoms with Crippen LogP contribution in [0.15, 0.2) is 60.8 Å². The molecule has 1 aliphatic rings. The van der Waals surface area contributed by atoms with Crippen molar-refractivity contribution in [2.24, 2.45) is 0 Å². The highest BCUT2D eigenvalue weighted by atomic mass is 19.1. The lowest BCUT2D eigenvalue weighted by molar-refractivity contribution is 0.539. The number of rotatable bonds is 3. The van der Waals surface area contributed by atoms with Crippen LogP contribution in [0.3, 0.4) is 0 Å². The topological polar surface area (TPSA) is 45.2 Å². The van der Waals surface area contributed by atoms with Crippen LogP contribution in [-0.2, 0) is 0 Å². The zero-order valence-corrected chi connectivity index (χ0v) is 14.6. The van der Waals surface area contributed by atoms with Gasteiger partial charge >= 0.3 is 0 Å². The molecule has 1 saturated heterocycles. The molecule has 0 radical (unpaired) electrons. The highest BCUT2D eigenvalue weighted by molar-refractivity contribution is 5.59. The number of nitrogens with zero attached hydrogens (tertiary/aromatic N) is 5. The van der Waals surface area contributed by atoms with Crippen LogP contribution < -0.4 is 9.80 Å². The molecule has 0 saturated carbocycles. The summed E-state index contributed by atoms with van der Waals surface area (Å²) in [6.45, 7) is 4.59. The average Bonchev–Trinajstić information content (AvgIpc) is 2.70. The summed E-state index contributed by atoms with van der Waals surface area (Å²) in [6, 6.07) is 17.5. The first-order valence-electron chi connectivity index (χ1n) is 8.73. The molecule has 3 heterocycles. The summed E-state index contributed by atoms with van der Waals surface area (Å²) in [5.74, 6) is 1.38. The van der Waals surface area contributed by atoms with Crippen molar-refractivity contribution in [3.8, 4) is 11.3 Å². The Bertz CT molecular complexity index is 852. The fourth-order valence-electron chi connectivity index (χ4n) is 3.30. The SMILES string of the molecule is CC1CN(c2ccc(-c3ccccc3)nn2)CCN1c1ccc(F)cn1. The van der Waals surface area contributed by atoms with Crippen LogP contribution in [0.4, 0.5) is 16.0 Å². The number of aromatic nitrogens is 3. The van der Waals surface area contributed by atoms with Gasteiger partial charge in [0.2, 0.25) is 0 Å². The van der Waals surface area contributed by atoms with E-state index in [1.165, 1.54) is 12.3 Å². The summed E-state index contributed by atoms with van der Waals surface area (Å²) >= 11 is 0. The number of hydrogen-bond acceptors (Lipinski definition) is 5. The molecular weight excluding hydrogens is 329 g/mol. The summed E-state index contributed by atoms with van der Waals surface area (Å²) in [4.78, 5) is 8.62. The molecule has 0 bridgehead atoms. The highest BCUT2D eigenvalue weighted by Gasteiger charge is 2.25. The summed E-state index contributed by atoms with van der Waals surface area (Å²) < 4.78 is 13.1. The largest absolute Gasteiger partial charge is 0.351 e. The molecule has 26 heavy (non-hydrogen) atoms. The van der Waals surface area contributed by atoms with E-state index in [9.17, 15) is 4.39 Å². The third kappa shape index (κ3) is 3.35. The van der Waals surface area contributed by atoms with Crippen molar-refractivity contribution >= 4 is 11.6 Å². The van der Waals surface area contributed by atoms with Crippen molar-refractivity contribution in [2.45, 2.75) is 13.0 Å². The van der Waals surface area contributed by atoms with Gasteiger partial charge in [-0.05, 0) is 31.2 Å². The maximum absolute atomic E-state index is 13.1. The Kier molecular flexibility index (Phi) is 4.48. The lowest BCUT2D eigenvalue weighted by Crippen LogP contribution is -2.52. The van der Waals surface area contributed by atoms with Gasteiger partial charge in [-0.1, -0.05) is 30.3 Å². The Morgan fingerprint density at radius 1 is 0.923 bits per heavy atom. The number of halogens is 1. The van der Waals surface area contributed by atoms with Crippen LogP contribution in [-0.4, -0.2) is 40.9 Å². The van der Waals surface area contributed by atoms with Crippen molar-refractivity contribution in [3.05, 3.63) is 66.6 Å². The molecule has 1 aliphatic heterocycles. The van der Waals surface area contributed by atoms with E-state index in [-0.39, 0.29) is 11.9 Å². The van der Waals surface area contributed by atoms with Crippen LogP contribution in [0.5, 0.6) is 0 Å². The molecule has 4 rings (SSSR count). The smallest absolute Gasteiger partial charge is 0.151 e. The van der Waals surface area contributed by atoms with Gasteiger partial charge in [-0.25, -0.2) is 9.37 Å². The second kappa shape index (κ2) is 7.07. The number of hydrogen-bond donors (Lipinski definition) is 0. The minimum absolute atomic E-state index is 0.248. The molecule has 0 spiro atoms. The highest BCUT2D eigenvalue weighted by Crippen LogP contribution is 2.23. The minimum Gasteiger partial charge on any atom is -0.351 e. The Balaban J connectivity index is 1.46. The molecule has 1 atom stereocenters. The standard InChI is InChI=1S/C20H20FN5/c1-15-14-25(11-12-26(15)19-9-7-17(21)13-22-19)20-10-8-18(23-24-20)16-5-3-2-4-6-16/h2-10,13,15H,11-12,14H2,1H3. The molecule has 132 valence electrons. The van der Waals surface area contributed by atoms with E-state index in [1.807, 2.05) is 42.5 Å². The molecule has 0 N–H and O–H groups in total. The van der Waals surface area contributed by atoms with Gasteiger partial charge in [0.25, 0.3) is 0 Å². The monoisotopic (exact) mass is 349 g/mol. The van der Waals surface area contributed by atoms with Gasteiger partial charge in [0.15, 0.2) is 5.82 Å². The summed E-state index contributed by atoms with van der Waals surface area (Å²) in [5, 5.41) is 8.79. The molecular formula is C20H20FN5. The third-order valence-electron chi connectivity index (χ3n) is 4.68. The lowest BCUT2D eigenvalue weighted by atomic mass is 10.1. The van der Waals surface area contributed by atoms with E-state index in [4.69, 9.17) is 0 Å². The quantitative estimate of drug-likeness (QED) is 0.725. The minimum atomic E-state index is -0.311. The van der Waals surface area contributed by atoms with Crippen LogP contribution in [0.2, 0.25) is 0 Å². The van der Waals surface area contributed by atoms with Crippen LogP contribution >= 0.6 is 0 Å². The van der Waals surface area contributed by atoms with Gasteiger partial charge in [-0.3, -0.25) is 0 Å². The van der Waals surface area contributed by atoms with Gasteiger partial charge in [0, 0.05) is 31.2 Å².